The molecule has 6 heteroatoms. The highest BCUT2D eigenvalue weighted by molar-refractivity contribution is 5.90. The van der Waals surface area contributed by atoms with E-state index in [4.69, 9.17) is 0 Å². The SMILES string of the molecule is O=C1NCc2ncc(=O)[nH]c2N1. The molecular formula is C6H6N4O2. The fourth-order valence-electron chi connectivity index (χ4n) is 0.988. The zero-order valence-electron chi connectivity index (χ0n) is 6.05. The van der Waals surface area contributed by atoms with Crippen LogP contribution in [-0.4, -0.2) is 16.0 Å². The summed E-state index contributed by atoms with van der Waals surface area (Å²) in [6, 6.07) is -0.328. The Labute approximate surface area is 67.0 Å². The van der Waals surface area contributed by atoms with Gasteiger partial charge in [-0.05, 0) is 0 Å². The van der Waals surface area contributed by atoms with E-state index in [-0.39, 0.29) is 11.6 Å². The molecule has 1 aromatic heterocycles. The summed E-state index contributed by atoms with van der Waals surface area (Å²) >= 11 is 0. The van der Waals surface area contributed by atoms with Crippen LogP contribution in [0.25, 0.3) is 0 Å². The zero-order valence-corrected chi connectivity index (χ0v) is 6.05. The number of nitrogens with one attached hydrogen (secondary N) is 3. The van der Waals surface area contributed by atoms with Gasteiger partial charge in [0.1, 0.15) is 11.5 Å². The van der Waals surface area contributed by atoms with Gasteiger partial charge in [0.2, 0.25) is 0 Å². The van der Waals surface area contributed by atoms with Gasteiger partial charge in [0.05, 0.1) is 12.7 Å². The molecule has 0 spiro atoms. The lowest BCUT2D eigenvalue weighted by atomic mass is 10.3. The van der Waals surface area contributed by atoms with Crippen molar-refractivity contribution >= 4 is 11.8 Å². The van der Waals surface area contributed by atoms with E-state index in [1.165, 1.54) is 6.20 Å². The Morgan fingerprint density at radius 3 is 3.08 bits per heavy atom. The maximum atomic E-state index is 10.8. The third-order valence-corrected chi connectivity index (χ3v) is 1.53. The third-order valence-electron chi connectivity index (χ3n) is 1.53. The highest BCUT2D eigenvalue weighted by atomic mass is 16.2. The minimum atomic E-state index is -0.328. The molecule has 1 aliphatic rings. The molecular weight excluding hydrogens is 160 g/mol. The molecule has 0 aliphatic carbocycles. The van der Waals surface area contributed by atoms with Crippen molar-refractivity contribution in [3.05, 3.63) is 22.2 Å². The predicted octanol–water partition coefficient (Wildman–Crippen LogP) is -0.595. The summed E-state index contributed by atoms with van der Waals surface area (Å²) in [6.45, 7) is 0.345. The first kappa shape index (κ1) is 6.84. The Hall–Kier alpha value is -1.85. The number of aromatic nitrogens is 2. The van der Waals surface area contributed by atoms with Crippen LogP contribution in [0.4, 0.5) is 10.6 Å². The van der Waals surface area contributed by atoms with Crippen molar-refractivity contribution in [2.24, 2.45) is 0 Å². The van der Waals surface area contributed by atoms with Crippen LogP contribution in [0.3, 0.4) is 0 Å². The average Bonchev–Trinajstić information content (AvgIpc) is 2.03. The van der Waals surface area contributed by atoms with E-state index >= 15 is 0 Å². The molecule has 0 saturated carbocycles. The first-order valence-electron chi connectivity index (χ1n) is 3.39. The highest BCUT2D eigenvalue weighted by Crippen LogP contribution is 2.09. The second-order valence-electron chi connectivity index (χ2n) is 2.38. The van der Waals surface area contributed by atoms with E-state index in [1.807, 2.05) is 0 Å². The van der Waals surface area contributed by atoms with Crippen LogP contribution in [0, 0.1) is 0 Å². The van der Waals surface area contributed by atoms with Crippen molar-refractivity contribution in [1.29, 1.82) is 0 Å². The number of amides is 2. The van der Waals surface area contributed by atoms with Gasteiger partial charge in [-0.3, -0.25) is 10.1 Å². The molecule has 6 nitrogen and oxygen atoms in total. The van der Waals surface area contributed by atoms with E-state index in [1.54, 1.807) is 0 Å². The lowest BCUT2D eigenvalue weighted by molar-refractivity contribution is 0.250. The van der Waals surface area contributed by atoms with Gasteiger partial charge < -0.3 is 10.3 Å². The summed E-state index contributed by atoms with van der Waals surface area (Å²) in [4.78, 5) is 27.8. The van der Waals surface area contributed by atoms with Gasteiger partial charge >= 0.3 is 6.03 Å². The monoisotopic (exact) mass is 166 g/mol. The number of rotatable bonds is 0. The zero-order chi connectivity index (χ0) is 8.55. The first-order chi connectivity index (χ1) is 5.75. The molecule has 0 aromatic carbocycles. The smallest absolute Gasteiger partial charge is 0.320 e. The molecule has 1 aromatic rings. The van der Waals surface area contributed by atoms with Crippen molar-refractivity contribution in [2.75, 3.05) is 5.32 Å². The number of urea groups is 1. The summed E-state index contributed by atoms with van der Waals surface area (Å²) < 4.78 is 0. The van der Waals surface area contributed by atoms with Crippen LogP contribution in [-0.2, 0) is 6.54 Å². The van der Waals surface area contributed by atoms with Gasteiger partial charge in [-0.1, -0.05) is 0 Å². The molecule has 2 amide bonds. The van der Waals surface area contributed by atoms with E-state index in [0.29, 0.717) is 18.1 Å². The molecule has 0 atom stereocenters. The number of aromatic amines is 1. The van der Waals surface area contributed by atoms with Gasteiger partial charge in [-0.25, -0.2) is 9.78 Å². The standard InChI is InChI=1S/C6H6N4O2/c11-4-2-7-3-1-8-6(12)10-5(3)9-4/h2H,1H2,(H3,8,9,10,11,12). The van der Waals surface area contributed by atoms with Crippen molar-refractivity contribution < 1.29 is 4.79 Å². The number of hydrogen-bond acceptors (Lipinski definition) is 3. The van der Waals surface area contributed by atoms with Crippen molar-refractivity contribution in [3.8, 4) is 0 Å². The molecule has 0 radical (unpaired) electrons. The lowest BCUT2D eigenvalue weighted by Gasteiger charge is -2.15. The van der Waals surface area contributed by atoms with E-state index in [2.05, 4.69) is 20.6 Å². The fourth-order valence-corrected chi connectivity index (χ4v) is 0.988. The third kappa shape index (κ3) is 1.03. The van der Waals surface area contributed by atoms with Gasteiger partial charge in [0.25, 0.3) is 5.56 Å². The normalized spacial score (nSPS) is 14.5. The largest absolute Gasteiger partial charge is 0.332 e. The number of fused-ring (bicyclic) bond motifs is 1. The minimum Gasteiger partial charge on any atom is -0.332 e. The van der Waals surface area contributed by atoms with Gasteiger partial charge in [0.15, 0.2) is 0 Å². The average molecular weight is 166 g/mol. The lowest BCUT2D eigenvalue weighted by Crippen LogP contribution is -2.35. The number of carbonyl (C=O) groups is 1. The second-order valence-corrected chi connectivity index (χ2v) is 2.38. The Bertz CT molecular complexity index is 383. The number of H-pyrrole nitrogens is 1. The van der Waals surface area contributed by atoms with Crippen molar-refractivity contribution in [3.63, 3.8) is 0 Å². The molecule has 0 saturated heterocycles. The Morgan fingerprint density at radius 1 is 1.42 bits per heavy atom. The molecule has 3 N–H and O–H groups in total. The summed E-state index contributed by atoms with van der Waals surface area (Å²) in [6.07, 6.45) is 1.18. The number of carbonyl (C=O) groups excluding carboxylic acids is 1. The fraction of sp³-hybridized carbons (Fsp3) is 0.167. The summed E-state index contributed by atoms with van der Waals surface area (Å²) in [7, 11) is 0. The van der Waals surface area contributed by atoms with Crippen molar-refractivity contribution in [2.45, 2.75) is 6.54 Å². The Kier molecular flexibility index (Phi) is 1.33. The number of nitrogens with zero attached hydrogens (tertiary/aromatic N) is 1. The summed E-state index contributed by atoms with van der Waals surface area (Å²) in [5.74, 6) is 0.381. The summed E-state index contributed by atoms with van der Waals surface area (Å²) in [5, 5.41) is 4.96. The maximum absolute atomic E-state index is 10.8. The number of hydrogen-bond donors (Lipinski definition) is 3. The van der Waals surface area contributed by atoms with Crippen LogP contribution >= 0.6 is 0 Å². The second kappa shape index (κ2) is 2.33. The van der Waals surface area contributed by atoms with E-state index in [0.717, 1.165) is 0 Å². The molecule has 0 fully saturated rings. The van der Waals surface area contributed by atoms with Gasteiger partial charge in [-0.15, -0.1) is 0 Å². The Balaban J connectivity index is 2.50. The van der Waals surface area contributed by atoms with Gasteiger partial charge in [-0.2, -0.15) is 0 Å². The molecule has 1 aliphatic heterocycles. The van der Waals surface area contributed by atoms with Crippen LogP contribution in [0.15, 0.2) is 11.0 Å². The molecule has 12 heavy (non-hydrogen) atoms. The first-order valence-corrected chi connectivity index (χ1v) is 3.39. The van der Waals surface area contributed by atoms with Crippen LogP contribution in [0.5, 0.6) is 0 Å². The maximum Gasteiger partial charge on any atom is 0.320 e. The highest BCUT2D eigenvalue weighted by Gasteiger charge is 2.14. The number of anilines is 1. The van der Waals surface area contributed by atoms with Gasteiger partial charge in [0, 0.05) is 0 Å². The quantitative estimate of drug-likeness (QED) is 0.481. The predicted molar refractivity (Wildman–Crippen MR) is 40.7 cm³/mol. The minimum absolute atomic E-state index is 0.323. The van der Waals surface area contributed by atoms with E-state index < -0.39 is 0 Å². The molecule has 2 rings (SSSR count). The van der Waals surface area contributed by atoms with E-state index in [9.17, 15) is 9.59 Å². The molecule has 2 heterocycles. The topological polar surface area (TPSA) is 86.9 Å². The van der Waals surface area contributed by atoms with Crippen LogP contribution < -0.4 is 16.2 Å². The van der Waals surface area contributed by atoms with Crippen molar-refractivity contribution in [1.82, 2.24) is 15.3 Å². The molecule has 0 bridgehead atoms. The Morgan fingerprint density at radius 2 is 2.25 bits per heavy atom. The van der Waals surface area contributed by atoms with Crippen LogP contribution in [0.2, 0.25) is 0 Å². The molecule has 0 unspecified atom stereocenters. The molecule has 62 valence electrons. The van der Waals surface area contributed by atoms with Crippen LogP contribution in [0.1, 0.15) is 5.69 Å². The summed E-state index contributed by atoms with van der Waals surface area (Å²) in [5.41, 5.74) is 0.310.